The number of anilines is 1. The van der Waals surface area contributed by atoms with Gasteiger partial charge in [-0.05, 0) is 18.2 Å². The SMILES string of the molecule is COC(=O)c1c(C(F)(F)F)nc2ccc(Br)cc2c1N. The van der Waals surface area contributed by atoms with Crippen LogP contribution < -0.4 is 5.73 Å². The van der Waals surface area contributed by atoms with Crippen molar-refractivity contribution in [3.8, 4) is 0 Å². The van der Waals surface area contributed by atoms with Gasteiger partial charge < -0.3 is 10.5 Å². The van der Waals surface area contributed by atoms with Crippen molar-refractivity contribution in [3.63, 3.8) is 0 Å². The van der Waals surface area contributed by atoms with Crippen molar-refractivity contribution >= 4 is 38.5 Å². The molecule has 0 unspecified atom stereocenters. The average molecular weight is 349 g/mol. The second-order valence-corrected chi connectivity index (χ2v) is 4.82. The second-order valence-electron chi connectivity index (χ2n) is 3.90. The maximum absolute atomic E-state index is 13.0. The number of aromatic nitrogens is 1. The third-order valence-electron chi connectivity index (χ3n) is 2.65. The molecule has 4 nitrogen and oxygen atoms in total. The zero-order chi connectivity index (χ0) is 15.1. The molecule has 0 aliphatic rings. The minimum absolute atomic E-state index is 0.0469. The molecular weight excluding hydrogens is 341 g/mol. The van der Waals surface area contributed by atoms with Crippen molar-refractivity contribution < 1.29 is 22.7 Å². The van der Waals surface area contributed by atoms with E-state index in [4.69, 9.17) is 5.73 Å². The first-order chi connectivity index (χ1) is 9.25. The summed E-state index contributed by atoms with van der Waals surface area (Å²) in [6, 6.07) is 4.41. The molecule has 0 spiro atoms. The van der Waals surface area contributed by atoms with Gasteiger partial charge in [-0.15, -0.1) is 0 Å². The molecule has 2 rings (SSSR count). The van der Waals surface area contributed by atoms with E-state index in [1.807, 2.05) is 0 Å². The van der Waals surface area contributed by atoms with Gasteiger partial charge in [0.1, 0.15) is 5.56 Å². The number of ether oxygens (including phenoxy) is 1. The number of carbonyl (C=O) groups is 1. The number of pyridine rings is 1. The molecule has 20 heavy (non-hydrogen) atoms. The lowest BCUT2D eigenvalue weighted by atomic mass is 10.1. The standard InChI is InChI=1S/C12H8BrF3N2O2/c1-20-11(19)8-9(17)6-4-5(13)2-3-7(6)18-10(8)12(14,15)16/h2-4H,1H3,(H2,17,18). The van der Waals surface area contributed by atoms with Gasteiger partial charge in [0, 0.05) is 9.86 Å². The number of nitrogen functional groups attached to an aromatic ring is 1. The van der Waals surface area contributed by atoms with Gasteiger partial charge in [-0.1, -0.05) is 15.9 Å². The number of rotatable bonds is 1. The molecule has 0 atom stereocenters. The van der Waals surface area contributed by atoms with Crippen LogP contribution in [0.15, 0.2) is 22.7 Å². The number of methoxy groups -OCH3 is 1. The average Bonchev–Trinajstić information content (AvgIpc) is 2.37. The van der Waals surface area contributed by atoms with Crippen molar-refractivity contribution in [1.29, 1.82) is 0 Å². The molecule has 1 aromatic heterocycles. The van der Waals surface area contributed by atoms with E-state index in [1.165, 1.54) is 18.2 Å². The number of alkyl halides is 3. The zero-order valence-corrected chi connectivity index (χ0v) is 11.7. The minimum atomic E-state index is -4.81. The highest BCUT2D eigenvalue weighted by molar-refractivity contribution is 9.10. The Kier molecular flexibility index (Phi) is 3.59. The normalized spacial score (nSPS) is 11.7. The van der Waals surface area contributed by atoms with Crippen molar-refractivity contribution in [3.05, 3.63) is 33.9 Å². The molecule has 0 saturated heterocycles. The van der Waals surface area contributed by atoms with E-state index >= 15 is 0 Å². The fraction of sp³-hybridized carbons (Fsp3) is 0.167. The Labute approximate surface area is 119 Å². The van der Waals surface area contributed by atoms with Crippen molar-refractivity contribution in [2.45, 2.75) is 6.18 Å². The summed E-state index contributed by atoms with van der Waals surface area (Å²) in [6.07, 6.45) is -4.81. The molecule has 0 fully saturated rings. The molecule has 8 heteroatoms. The third kappa shape index (κ3) is 2.43. The highest BCUT2D eigenvalue weighted by Gasteiger charge is 2.39. The predicted molar refractivity (Wildman–Crippen MR) is 70.2 cm³/mol. The summed E-state index contributed by atoms with van der Waals surface area (Å²) in [5, 5.41) is 0.243. The Balaban J connectivity index is 2.91. The molecule has 1 heterocycles. The van der Waals surface area contributed by atoms with Crippen LogP contribution in [0.25, 0.3) is 10.9 Å². The molecule has 0 aliphatic heterocycles. The Morgan fingerprint density at radius 1 is 1.40 bits per heavy atom. The number of hydrogen-bond donors (Lipinski definition) is 1. The van der Waals surface area contributed by atoms with Gasteiger partial charge in [0.15, 0.2) is 5.69 Å². The summed E-state index contributed by atoms with van der Waals surface area (Å²) < 4.78 is 44.0. The maximum Gasteiger partial charge on any atom is 0.434 e. The lowest BCUT2D eigenvalue weighted by Gasteiger charge is -2.14. The Hall–Kier alpha value is -1.83. The van der Waals surface area contributed by atoms with E-state index in [0.29, 0.717) is 4.47 Å². The van der Waals surface area contributed by atoms with Crippen LogP contribution in [0.2, 0.25) is 0 Å². The fourth-order valence-electron chi connectivity index (χ4n) is 1.77. The Morgan fingerprint density at radius 2 is 2.05 bits per heavy atom. The molecule has 2 aromatic rings. The van der Waals surface area contributed by atoms with Crippen LogP contribution in [-0.4, -0.2) is 18.1 Å². The molecule has 106 valence electrons. The Bertz CT molecular complexity index is 701. The monoisotopic (exact) mass is 348 g/mol. The highest BCUT2D eigenvalue weighted by atomic mass is 79.9. The van der Waals surface area contributed by atoms with Crippen LogP contribution >= 0.6 is 15.9 Å². The van der Waals surface area contributed by atoms with Crippen LogP contribution in [0.3, 0.4) is 0 Å². The third-order valence-corrected chi connectivity index (χ3v) is 3.14. The molecule has 1 aromatic carbocycles. The summed E-state index contributed by atoms with van der Waals surface area (Å²) >= 11 is 3.18. The quantitative estimate of drug-likeness (QED) is 0.802. The molecule has 0 aliphatic carbocycles. The summed E-state index contributed by atoms with van der Waals surface area (Å²) in [5.41, 5.74) is 3.31. The van der Waals surface area contributed by atoms with E-state index in [1.54, 1.807) is 0 Å². The molecule has 0 radical (unpaired) electrons. The Morgan fingerprint density at radius 3 is 2.60 bits per heavy atom. The second kappa shape index (κ2) is 4.93. The molecule has 2 N–H and O–H groups in total. The fourth-order valence-corrected chi connectivity index (χ4v) is 2.13. The van der Waals surface area contributed by atoms with Crippen LogP contribution in [-0.2, 0) is 10.9 Å². The van der Waals surface area contributed by atoms with Gasteiger partial charge in [0.25, 0.3) is 0 Å². The van der Waals surface area contributed by atoms with Crippen molar-refractivity contribution in [1.82, 2.24) is 4.98 Å². The maximum atomic E-state index is 13.0. The number of carbonyl (C=O) groups excluding carboxylic acids is 1. The minimum Gasteiger partial charge on any atom is -0.465 e. The van der Waals surface area contributed by atoms with Crippen LogP contribution in [0.5, 0.6) is 0 Å². The number of fused-ring (bicyclic) bond motifs is 1. The van der Waals surface area contributed by atoms with E-state index in [0.717, 1.165) is 7.11 Å². The van der Waals surface area contributed by atoms with Gasteiger partial charge in [-0.3, -0.25) is 0 Å². The van der Waals surface area contributed by atoms with E-state index in [9.17, 15) is 18.0 Å². The van der Waals surface area contributed by atoms with Gasteiger partial charge in [0.2, 0.25) is 0 Å². The number of esters is 1. The predicted octanol–water partition coefficient (Wildman–Crippen LogP) is 3.38. The van der Waals surface area contributed by atoms with Gasteiger partial charge in [0.05, 0.1) is 18.3 Å². The first-order valence-corrected chi connectivity index (χ1v) is 6.09. The van der Waals surface area contributed by atoms with E-state index < -0.39 is 23.4 Å². The topological polar surface area (TPSA) is 65.2 Å². The van der Waals surface area contributed by atoms with Crippen LogP contribution in [0, 0.1) is 0 Å². The van der Waals surface area contributed by atoms with Crippen molar-refractivity contribution in [2.75, 3.05) is 12.8 Å². The molecule has 0 bridgehead atoms. The van der Waals surface area contributed by atoms with E-state index in [-0.39, 0.29) is 16.6 Å². The van der Waals surface area contributed by atoms with Crippen LogP contribution in [0.1, 0.15) is 16.1 Å². The summed E-state index contributed by atoms with van der Waals surface area (Å²) in [6.45, 7) is 0. The first kappa shape index (κ1) is 14.6. The molecule has 0 amide bonds. The summed E-state index contributed by atoms with van der Waals surface area (Å²) in [5.74, 6) is -1.18. The summed E-state index contributed by atoms with van der Waals surface area (Å²) in [4.78, 5) is 15.1. The molecular formula is C12H8BrF3N2O2. The number of halogens is 4. The number of benzene rings is 1. The van der Waals surface area contributed by atoms with Gasteiger partial charge in [-0.2, -0.15) is 13.2 Å². The smallest absolute Gasteiger partial charge is 0.434 e. The van der Waals surface area contributed by atoms with Gasteiger partial charge in [-0.25, -0.2) is 9.78 Å². The zero-order valence-electron chi connectivity index (χ0n) is 10.1. The highest BCUT2D eigenvalue weighted by Crippen LogP contribution is 2.37. The molecule has 0 saturated carbocycles. The number of nitrogens with two attached hydrogens (primary N) is 1. The van der Waals surface area contributed by atoms with Crippen LogP contribution in [0.4, 0.5) is 18.9 Å². The number of hydrogen-bond acceptors (Lipinski definition) is 4. The van der Waals surface area contributed by atoms with E-state index in [2.05, 4.69) is 25.7 Å². The van der Waals surface area contributed by atoms with Gasteiger partial charge >= 0.3 is 12.1 Å². The summed E-state index contributed by atoms with van der Waals surface area (Å²) in [7, 11) is 0.979. The lowest BCUT2D eigenvalue weighted by Crippen LogP contribution is -2.19. The number of nitrogens with zero attached hydrogens (tertiary/aromatic N) is 1. The lowest BCUT2D eigenvalue weighted by molar-refractivity contribution is -0.141. The first-order valence-electron chi connectivity index (χ1n) is 5.30. The largest absolute Gasteiger partial charge is 0.465 e. The van der Waals surface area contributed by atoms with Crippen molar-refractivity contribution in [2.24, 2.45) is 0 Å².